The summed E-state index contributed by atoms with van der Waals surface area (Å²) in [5.74, 6) is 1.58. The van der Waals surface area contributed by atoms with Crippen LogP contribution < -0.4 is 10.5 Å². The highest BCUT2D eigenvalue weighted by Crippen LogP contribution is 2.33. The van der Waals surface area contributed by atoms with E-state index in [1.807, 2.05) is 6.07 Å². The molecule has 2 N–H and O–H groups in total. The predicted octanol–water partition coefficient (Wildman–Crippen LogP) is 3.10. The molecule has 1 fully saturated rings. The lowest BCUT2D eigenvalue weighted by molar-refractivity contribution is 0.388. The van der Waals surface area contributed by atoms with Gasteiger partial charge in [0.2, 0.25) is 0 Å². The van der Waals surface area contributed by atoms with E-state index in [2.05, 4.69) is 18.2 Å². The fraction of sp³-hybridized carbons (Fsp3) is 0.538. The van der Waals surface area contributed by atoms with Crippen molar-refractivity contribution >= 4 is 12.4 Å². The van der Waals surface area contributed by atoms with Gasteiger partial charge in [0.1, 0.15) is 5.75 Å². The molecule has 2 nitrogen and oxygen atoms in total. The summed E-state index contributed by atoms with van der Waals surface area (Å²) in [5, 5.41) is 0. The van der Waals surface area contributed by atoms with E-state index < -0.39 is 0 Å². The molecule has 0 unspecified atom stereocenters. The third-order valence-corrected chi connectivity index (χ3v) is 3.28. The van der Waals surface area contributed by atoms with Crippen molar-refractivity contribution in [1.29, 1.82) is 0 Å². The van der Waals surface area contributed by atoms with Gasteiger partial charge in [0.15, 0.2) is 0 Å². The summed E-state index contributed by atoms with van der Waals surface area (Å²) in [6.45, 7) is 0. The van der Waals surface area contributed by atoms with Crippen LogP contribution in [0.3, 0.4) is 0 Å². The molecule has 1 aromatic carbocycles. The van der Waals surface area contributed by atoms with Gasteiger partial charge in [-0.3, -0.25) is 0 Å². The van der Waals surface area contributed by atoms with Gasteiger partial charge in [0.05, 0.1) is 7.11 Å². The maximum atomic E-state index is 6.00. The Bertz CT molecular complexity index is 329. The number of nitrogens with two attached hydrogens (primary N) is 1. The number of halogens is 1. The zero-order valence-corrected chi connectivity index (χ0v) is 10.5. The Balaban J connectivity index is 0.00000128. The van der Waals surface area contributed by atoms with Gasteiger partial charge in [-0.15, -0.1) is 12.4 Å². The van der Waals surface area contributed by atoms with Crippen molar-refractivity contribution in [3.63, 3.8) is 0 Å². The number of ether oxygens (including phenoxy) is 1. The SMILES string of the molecule is COc1cccc([C@@H]2CCC[C@@H](N)C2)c1.Cl. The molecule has 0 aliphatic heterocycles. The van der Waals surface area contributed by atoms with E-state index in [4.69, 9.17) is 10.5 Å². The number of methoxy groups -OCH3 is 1. The van der Waals surface area contributed by atoms with Gasteiger partial charge in [0.25, 0.3) is 0 Å². The molecule has 1 aromatic rings. The fourth-order valence-electron chi connectivity index (χ4n) is 2.43. The van der Waals surface area contributed by atoms with Gasteiger partial charge >= 0.3 is 0 Å². The summed E-state index contributed by atoms with van der Waals surface area (Å²) in [7, 11) is 1.71. The molecule has 0 bridgehead atoms. The maximum Gasteiger partial charge on any atom is 0.119 e. The monoisotopic (exact) mass is 241 g/mol. The third-order valence-electron chi connectivity index (χ3n) is 3.28. The molecule has 0 aromatic heterocycles. The zero-order valence-electron chi connectivity index (χ0n) is 9.69. The molecule has 0 saturated heterocycles. The zero-order chi connectivity index (χ0) is 10.7. The number of rotatable bonds is 2. The Kier molecular flexibility index (Phi) is 5.10. The quantitative estimate of drug-likeness (QED) is 0.864. The molecule has 1 aliphatic rings. The molecule has 1 aliphatic carbocycles. The minimum Gasteiger partial charge on any atom is -0.497 e. The van der Waals surface area contributed by atoms with Crippen LogP contribution in [0.5, 0.6) is 5.75 Å². The third kappa shape index (κ3) is 3.13. The van der Waals surface area contributed by atoms with Crippen LogP contribution in [0.15, 0.2) is 24.3 Å². The summed E-state index contributed by atoms with van der Waals surface area (Å²) in [6, 6.07) is 8.77. The highest BCUT2D eigenvalue weighted by molar-refractivity contribution is 5.85. The standard InChI is InChI=1S/C13H19NO.ClH/c1-15-13-7-3-5-11(9-13)10-4-2-6-12(14)8-10;/h3,5,7,9-10,12H,2,4,6,8,14H2,1H3;1H/t10-,12-;/m1./s1. The van der Waals surface area contributed by atoms with Crippen LogP contribution >= 0.6 is 12.4 Å². The summed E-state index contributed by atoms with van der Waals surface area (Å²) in [4.78, 5) is 0. The first kappa shape index (κ1) is 13.3. The van der Waals surface area contributed by atoms with Crippen molar-refractivity contribution in [3.05, 3.63) is 29.8 Å². The molecule has 0 heterocycles. The molecule has 2 rings (SSSR count). The van der Waals surface area contributed by atoms with E-state index in [1.54, 1.807) is 7.11 Å². The first-order valence-corrected chi connectivity index (χ1v) is 5.69. The molecule has 16 heavy (non-hydrogen) atoms. The number of benzene rings is 1. The highest BCUT2D eigenvalue weighted by Gasteiger charge is 2.20. The Hall–Kier alpha value is -0.730. The molecule has 0 amide bonds. The van der Waals surface area contributed by atoms with Crippen molar-refractivity contribution in [2.24, 2.45) is 5.73 Å². The Morgan fingerprint density at radius 3 is 2.81 bits per heavy atom. The van der Waals surface area contributed by atoms with E-state index in [9.17, 15) is 0 Å². The minimum atomic E-state index is 0. The predicted molar refractivity (Wildman–Crippen MR) is 69.4 cm³/mol. The molecule has 1 saturated carbocycles. The lowest BCUT2D eigenvalue weighted by atomic mass is 9.82. The number of hydrogen-bond donors (Lipinski definition) is 1. The van der Waals surface area contributed by atoms with Crippen LogP contribution in [0.1, 0.15) is 37.2 Å². The van der Waals surface area contributed by atoms with Crippen LogP contribution in [0.2, 0.25) is 0 Å². The molecular formula is C13H20ClNO. The van der Waals surface area contributed by atoms with Gasteiger partial charge in [-0.1, -0.05) is 18.6 Å². The summed E-state index contributed by atoms with van der Waals surface area (Å²) in [5.41, 5.74) is 7.38. The summed E-state index contributed by atoms with van der Waals surface area (Å²) >= 11 is 0. The molecule has 0 spiro atoms. The van der Waals surface area contributed by atoms with Gasteiger partial charge < -0.3 is 10.5 Å². The van der Waals surface area contributed by atoms with E-state index >= 15 is 0 Å². The van der Waals surface area contributed by atoms with Crippen LogP contribution in [0.4, 0.5) is 0 Å². The van der Waals surface area contributed by atoms with Crippen molar-refractivity contribution < 1.29 is 4.74 Å². The van der Waals surface area contributed by atoms with E-state index in [1.165, 1.54) is 24.8 Å². The van der Waals surface area contributed by atoms with Crippen LogP contribution in [0.25, 0.3) is 0 Å². The minimum absolute atomic E-state index is 0. The van der Waals surface area contributed by atoms with Crippen LogP contribution in [-0.4, -0.2) is 13.2 Å². The van der Waals surface area contributed by atoms with Crippen molar-refractivity contribution in [3.8, 4) is 5.75 Å². The molecule has 3 heteroatoms. The van der Waals surface area contributed by atoms with Crippen molar-refractivity contribution in [2.45, 2.75) is 37.6 Å². The Labute approximate surface area is 104 Å². The smallest absolute Gasteiger partial charge is 0.119 e. The lowest BCUT2D eigenvalue weighted by Gasteiger charge is -2.27. The molecule has 90 valence electrons. The van der Waals surface area contributed by atoms with E-state index in [-0.39, 0.29) is 12.4 Å². The summed E-state index contributed by atoms with van der Waals surface area (Å²) in [6.07, 6.45) is 4.82. The molecular weight excluding hydrogens is 222 g/mol. The highest BCUT2D eigenvalue weighted by atomic mass is 35.5. The van der Waals surface area contributed by atoms with Gasteiger partial charge in [-0.25, -0.2) is 0 Å². The average molecular weight is 242 g/mol. The second-order valence-electron chi connectivity index (χ2n) is 4.40. The largest absolute Gasteiger partial charge is 0.497 e. The second kappa shape index (κ2) is 6.12. The van der Waals surface area contributed by atoms with Crippen LogP contribution in [0, 0.1) is 0 Å². The first-order chi connectivity index (χ1) is 7.29. The van der Waals surface area contributed by atoms with Crippen molar-refractivity contribution in [2.75, 3.05) is 7.11 Å². The molecule has 2 atom stereocenters. The second-order valence-corrected chi connectivity index (χ2v) is 4.40. The lowest BCUT2D eigenvalue weighted by Crippen LogP contribution is -2.26. The van der Waals surface area contributed by atoms with Crippen molar-refractivity contribution in [1.82, 2.24) is 0 Å². The topological polar surface area (TPSA) is 35.2 Å². The fourth-order valence-corrected chi connectivity index (χ4v) is 2.43. The van der Waals surface area contributed by atoms with Gasteiger partial charge in [-0.05, 0) is 42.9 Å². The van der Waals surface area contributed by atoms with Gasteiger partial charge in [0, 0.05) is 6.04 Å². The first-order valence-electron chi connectivity index (χ1n) is 5.69. The Morgan fingerprint density at radius 1 is 1.31 bits per heavy atom. The summed E-state index contributed by atoms with van der Waals surface area (Å²) < 4.78 is 5.24. The van der Waals surface area contributed by atoms with Gasteiger partial charge in [-0.2, -0.15) is 0 Å². The number of hydrogen-bond acceptors (Lipinski definition) is 2. The molecule has 0 radical (unpaired) electrons. The Morgan fingerprint density at radius 2 is 2.12 bits per heavy atom. The van der Waals surface area contributed by atoms with E-state index in [0.29, 0.717) is 12.0 Å². The normalized spacial score (nSPS) is 24.6. The average Bonchev–Trinajstić information content (AvgIpc) is 2.29. The van der Waals surface area contributed by atoms with Crippen LogP contribution in [-0.2, 0) is 0 Å². The maximum absolute atomic E-state index is 6.00. The van der Waals surface area contributed by atoms with E-state index in [0.717, 1.165) is 12.2 Å².